The van der Waals surface area contributed by atoms with E-state index < -0.39 is 11.6 Å². The second-order valence-electron chi connectivity index (χ2n) is 5.42. The normalized spacial score (nSPS) is 10.4. The van der Waals surface area contributed by atoms with Gasteiger partial charge in [0.15, 0.2) is 0 Å². The van der Waals surface area contributed by atoms with Crippen LogP contribution in [0.2, 0.25) is 0 Å². The summed E-state index contributed by atoms with van der Waals surface area (Å²) in [6, 6.07) is 16.3. The van der Waals surface area contributed by atoms with E-state index in [1.807, 2.05) is 37.2 Å². The van der Waals surface area contributed by atoms with Crippen LogP contribution in [0.4, 0.5) is 11.4 Å². The van der Waals surface area contributed by atoms with Gasteiger partial charge in [0.05, 0.1) is 5.69 Å². The Morgan fingerprint density at radius 3 is 2.38 bits per heavy atom. The Bertz CT molecular complexity index is 895. The predicted molar refractivity (Wildman–Crippen MR) is 92.9 cm³/mol. The van der Waals surface area contributed by atoms with Crippen molar-refractivity contribution in [1.29, 1.82) is 0 Å². The first-order valence-corrected chi connectivity index (χ1v) is 7.38. The molecule has 7 nitrogen and oxygen atoms in total. The topological polar surface area (TPSA) is 83.0 Å². The van der Waals surface area contributed by atoms with Crippen molar-refractivity contribution in [3.63, 3.8) is 0 Å². The van der Waals surface area contributed by atoms with E-state index in [1.165, 1.54) is 0 Å². The Labute approximate surface area is 138 Å². The summed E-state index contributed by atoms with van der Waals surface area (Å²) in [5, 5.41) is 6.76. The van der Waals surface area contributed by atoms with Gasteiger partial charge in [0.25, 0.3) is 5.91 Å². The Morgan fingerprint density at radius 1 is 1.08 bits per heavy atom. The number of aromatic amines is 1. The minimum atomic E-state index is -0.473. The van der Waals surface area contributed by atoms with Gasteiger partial charge in [-0.1, -0.05) is 18.2 Å². The average Bonchev–Trinajstić information content (AvgIpc) is 2.98. The number of anilines is 2. The number of carbonyl (C=O) groups is 1. The number of nitrogens with zero attached hydrogens (tertiary/aromatic N) is 3. The van der Waals surface area contributed by atoms with Crippen molar-refractivity contribution < 1.29 is 4.79 Å². The SMILES string of the molecule is CN(C)c1ccc(NC(=O)c2nn(-c3ccccc3)c(=O)[nH]2)cc1. The van der Waals surface area contributed by atoms with Crippen molar-refractivity contribution in [2.75, 3.05) is 24.3 Å². The number of benzene rings is 2. The molecule has 2 aromatic carbocycles. The monoisotopic (exact) mass is 323 g/mol. The molecule has 0 aliphatic heterocycles. The number of rotatable bonds is 4. The number of amides is 1. The van der Waals surface area contributed by atoms with E-state index in [1.54, 1.807) is 36.4 Å². The zero-order valence-electron chi connectivity index (χ0n) is 13.4. The second-order valence-corrected chi connectivity index (χ2v) is 5.42. The van der Waals surface area contributed by atoms with Crippen molar-refractivity contribution in [3.05, 3.63) is 70.9 Å². The maximum absolute atomic E-state index is 12.3. The highest BCUT2D eigenvalue weighted by Gasteiger charge is 2.14. The second kappa shape index (κ2) is 6.41. The van der Waals surface area contributed by atoms with Crippen LogP contribution in [0.1, 0.15) is 10.6 Å². The van der Waals surface area contributed by atoms with Crippen LogP contribution < -0.4 is 15.9 Å². The van der Waals surface area contributed by atoms with Gasteiger partial charge < -0.3 is 10.2 Å². The maximum Gasteiger partial charge on any atom is 0.348 e. The molecule has 2 N–H and O–H groups in total. The lowest BCUT2D eigenvalue weighted by atomic mass is 10.2. The number of aromatic nitrogens is 3. The van der Waals surface area contributed by atoms with E-state index in [2.05, 4.69) is 15.4 Å². The van der Waals surface area contributed by atoms with Gasteiger partial charge in [0.1, 0.15) is 0 Å². The first-order chi connectivity index (χ1) is 11.5. The van der Waals surface area contributed by atoms with Gasteiger partial charge in [0.2, 0.25) is 5.82 Å². The number of hydrogen-bond donors (Lipinski definition) is 2. The fraction of sp³-hybridized carbons (Fsp3) is 0.118. The maximum atomic E-state index is 12.3. The zero-order chi connectivity index (χ0) is 17.1. The highest BCUT2D eigenvalue weighted by molar-refractivity contribution is 6.01. The summed E-state index contributed by atoms with van der Waals surface area (Å²) in [5.74, 6) is -0.514. The molecule has 122 valence electrons. The highest BCUT2D eigenvalue weighted by Crippen LogP contribution is 2.16. The lowest BCUT2D eigenvalue weighted by Gasteiger charge is -2.12. The molecule has 3 rings (SSSR count). The highest BCUT2D eigenvalue weighted by atomic mass is 16.2. The van der Waals surface area contributed by atoms with Crippen LogP contribution in [0.15, 0.2) is 59.4 Å². The summed E-state index contributed by atoms with van der Waals surface area (Å²) in [4.78, 5) is 28.7. The molecule has 3 aromatic rings. The van der Waals surface area contributed by atoms with Crippen molar-refractivity contribution >= 4 is 17.3 Å². The molecule has 1 aromatic heterocycles. The standard InChI is InChI=1S/C17H17N5O2/c1-21(2)13-10-8-12(9-11-13)18-16(23)15-19-17(24)22(20-15)14-6-4-3-5-7-14/h3-11H,1-2H3,(H,18,23)(H,19,20,24). The van der Waals surface area contributed by atoms with Crippen molar-refractivity contribution in [3.8, 4) is 5.69 Å². The smallest absolute Gasteiger partial charge is 0.348 e. The van der Waals surface area contributed by atoms with Crippen molar-refractivity contribution in [2.45, 2.75) is 0 Å². The number of H-pyrrole nitrogens is 1. The molecule has 0 saturated heterocycles. The van der Waals surface area contributed by atoms with E-state index in [9.17, 15) is 9.59 Å². The Balaban J connectivity index is 1.80. The molecule has 0 aliphatic rings. The molecule has 0 atom stereocenters. The van der Waals surface area contributed by atoms with Crippen LogP contribution in [0.3, 0.4) is 0 Å². The molecular formula is C17H17N5O2. The van der Waals surface area contributed by atoms with Gasteiger partial charge >= 0.3 is 5.69 Å². The van der Waals surface area contributed by atoms with Crippen molar-refractivity contribution in [1.82, 2.24) is 14.8 Å². The Kier molecular flexibility index (Phi) is 4.15. The fourth-order valence-electron chi connectivity index (χ4n) is 2.20. The molecule has 0 bridgehead atoms. The minimum absolute atomic E-state index is 0.0412. The lowest BCUT2D eigenvalue weighted by Crippen LogP contribution is -2.16. The Morgan fingerprint density at radius 2 is 1.75 bits per heavy atom. The van der Waals surface area contributed by atoms with Gasteiger partial charge in [-0.25, -0.2) is 4.79 Å². The zero-order valence-corrected chi connectivity index (χ0v) is 13.4. The third-order valence-electron chi connectivity index (χ3n) is 3.48. The van der Waals surface area contributed by atoms with Gasteiger partial charge in [-0.3, -0.25) is 9.78 Å². The first-order valence-electron chi connectivity index (χ1n) is 7.38. The predicted octanol–water partition coefficient (Wildman–Crippen LogP) is 1.88. The summed E-state index contributed by atoms with van der Waals surface area (Å²) in [6.45, 7) is 0. The molecule has 0 aliphatic carbocycles. The van der Waals surface area contributed by atoms with E-state index >= 15 is 0 Å². The molecule has 0 fully saturated rings. The molecule has 24 heavy (non-hydrogen) atoms. The largest absolute Gasteiger partial charge is 0.378 e. The van der Waals surface area contributed by atoms with Crippen LogP contribution in [0.25, 0.3) is 5.69 Å². The van der Waals surface area contributed by atoms with Crippen LogP contribution in [-0.2, 0) is 0 Å². The third kappa shape index (κ3) is 3.19. The van der Waals surface area contributed by atoms with E-state index in [0.29, 0.717) is 11.4 Å². The minimum Gasteiger partial charge on any atom is -0.378 e. The number of carbonyl (C=O) groups excluding carboxylic acids is 1. The van der Waals surface area contributed by atoms with Gasteiger partial charge in [-0.15, -0.1) is 5.10 Å². The molecule has 7 heteroatoms. The summed E-state index contributed by atoms with van der Waals surface area (Å²) in [5.41, 5.74) is 1.78. The third-order valence-corrected chi connectivity index (χ3v) is 3.48. The molecule has 1 amide bonds. The molecule has 1 heterocycles. The number of hydrogen-bond acceptors (Lipinski definition) is 4. The average molecular weight is 323 g/mol. The number of nitrogens with one attached hydrogen (secondary N) is 2. The molecule has 0 spiro atoms. The fourth-order valence-corrected chi connectivity index (χ4v) is 2.20. The summed E-state index contributed by atoms with van der Waals surface area (Å²) < 4.78 is 1.16. The van der Waals surface area contributed by atoms with E-state index in [-0.39, 0.29) is 5.82 Å². The van der Waals surface area contributed by atoms with Gasteiger partial charge in [0, 0.05) is 25.5 Å². The molecule has 0 unspecified atom stereocenters. The van der Waals surface area contributed by atoms with Gasteiger partial charge in [-0.2, -0.15) is 4.68 Å². The van der Waals surface area contributed by atoms with Crippen LogP contribution in [-0.4, -0.2) is 34.8 Å². The Hall–Kier alpha value is -3.35. The summed E-state index contributed by atoms with van der Waals surface area (Å²) in [7, 11) is 3.88. The quantitative estimate of drug-likeness (QED) is 0.768. The lowest BCUT2D eigenvalue weighted by molar-refractivity contribution is 0.101. The first kappa shape index (κ1) is 15.5. The van der Waals surface area contributed by atoms with E-state index in [0.717, 1.165) is 10.4 Å². The van der Waals surface area contributed by atoms with Crippen LogP contribution >= 0.6 is 0 Å². The summed E-state index contributed by atoms with van der Waals surface area (Å²) >= 11 is 0. The van der Waals surface area contributed by atoms with E-state index in [4.69, 9.17) is 0 Å². The number of para-hydroxylation sites is 1. The molecular weight excluding hydrogens is 306 g/mol. The molecule has 0 saturated carbocycles. The van der Waals surface area contributed by atoms with Crippen LogP contribution in [0, 0.1) is 0 Å². The van der Waals surface area contributed by atoms with Crippen molar-refractivity contribution in [2.24, 2.45) is 0 Å². The van der Waals surface area contributed by atoms with Crippen LogP contribution in [0.5, 0.6) is 0 Å². The van der Waals surface area contributed by atoms with Gasteiger partial charge in [-0.05, 0) is 36.4 Å². The molecule has 0 radical (unpaired) electrons. The summed E-state index contributed by atoms with van der Waals surface area (Å²) in [6.07, 6.45) is 0.